The maximum Gasteiger partial charge on any atom is 0.120 e. The molecule has 92 valence electrons. The van der Waals surface area contributed by atoms with E-state index in [4.69, 9.17) is 21.1 Å². The van der Waals surface area contributed by atoms with Gasteiger partial charge in [0.1, 0.15) is 12.4 Å². The molecule has 0 N–H and O–H groups in total. The Hall–Kier alpha value is -1.17. The Kier molecular flexibility index (Phi) is 6.54. The minimum Gasteiger partial charge on any atom is -0.491 e. The van der Waals surface area contributed by atoms with Gasteiger partial charge in [0.05, 0.1) is 6.10 Å². The molecule has 1 aromatic carbocycles. The van der Waals surface area contributed by atoms with Crippen molar-refractivity contribution in [3.8, 4) is 17.6 Å². The van der Waals surface area contributed by atoms with Crippen LogP contribution in [0.25, 0.3) is 0 Å². The number of hydrogen-bond donors (Lipinski definition) is 0. The molecule has 1 unspecified atom stereocenters. The molecular weight excluding hydrogens is 236 g/mol. The molecular formula is C14H17ClO2. The van der Waals surface area contributed by atoms with Gasteiger partial charge in [-0.1, -0.05) is 17.9 Å². The van der Waals surface area contributed by atoms with E-state index in [1.807, 2.05) is 31.2 Å². The van der Waals surface area contributed by atoms with Crippen LogP contribution in [-0.4, -0.2) is 25.7 Å². The fourth-order valence-corrected chi connectivity index (χ4v) is 1.25. The van der Waals surface area contributed by atoms with Crippen LogP contribution in [0.2, 0.25) is 0 Å². The summed E-state index contributed by atoms with van der Waals surface area (Å²) < 4.78 is 10.7. The minimum atomic E-state index is 0.0842. The van der Waals surface area contributed by atoms with Gasteiger partial charge in [-0.3, -0.25) is 0 Å². The predicted octanol–water partition coefficient (Wildman–Crippen LogP) is 3.08. The van der Waals surface area contributed by atoms with E-state index in [0.717, 1.165) is 11.3 Å². The molecule has 1 aromatic rings. The molecule has 1 rings (SSSR count). The van der Waals surface area contributed by atoms with E-state index in [2.05, 4.69) is 11.8 Å². The summed E-state index contributed by atoms with van der Waals surface area (Å²) in [5.41, 5.74) is 0.942. The fourth-order valence-electron chi connectivity index (χ4n) is 1.16. The van der Waals surface area contributed by atoms with E-state index >= 15 is 0 Å². The van der Waals surface area contributed by atoms with Crippen molar-refractivity contribution in [3.05, 3.63) is 29.8 Å². The highest BCUT2D eigenvalue weighted by Crippen LogP contribution is 2.13. The van der Waals surface area contributed by atoms with E-state index in [-0.39, 0.29) is 6.10 Å². The van der Waals surface area contributed by atoms with E-state index in [1.54, 1.807) is 7.11 Å². The molecule has 0 amide bonds. The van der Waals surface area contributed by atoms with Crippen molar-refractivity contribution in [3.63, 3.8) is 0 Å². The maximum atomic E-state index is 5.59. The summed E-state index contributed by atoms with van der Waals surface area (Å²) in [6.07, 6.45) is 0.786. The van der Waals surface area contributed by atoms with Crippen LogP contribution in [0.15, 0.2) is 24.3 Å². The predicted molar refractivity (Wildman–Crippen MR) is 70.6 cm³/mol. The summed E-state index contributed by atoms with van der Waals surface area (Å²) in [5, 5.41) is 0. The Morgan fingerprint density at radius 1 is 1.41 bits per heavy atom. The van der Waals surface area contributed by atoms with Crippen molar-refractivity contribution in [2.75, 3.05) is 19.6 Å². The Morgan fingerprint density at radius 3 is 2.94 bits per heavy atom. The largest absolute Gasteiger partial charge is 0.491 e. The van der Waals surface area contributed by atoms with Crippen LogP contribution < -0.4 is 4.74 Å². The highest BCUT2D eigenvalue weighted by atomic mass is 35.5. The van der Waals surface area contributed by atoms with Crippen LogP contribution in [0.5, 0.6) is 5.75 Å². The van der Waals surface area contributed by atoms with Gasteiger partial charge in [0, 0.05) is 25.0 Å². The Labute approximate surface area is 108 Å². The summed E-state index contributed by atoms with van der Waals surface area (Å²) in [6.45, 7) is 2.50. The molecule has 0 aromatic heterocycles. The second-order valence-corrected chi connectivity index (χ2v) is 4.00. The first kappa shape index (κ1) is 13.9. The molecule has 0 bridgehead atoms. The normalized spacial score (nSPS) is 11.5. The number of ether oxygens (including phenoxy) is 2. The number of rotatable bonds is 5. The average Bonchev–Trinajstić information content (AvgIpc) is 2.37. The molecule has 0 aliphatic rings. The van der Waals surface area contributed by atoms with Crippen LogP contribution >= 0.6 is 11.6 Å². The van der Waals surface area contributed by atoms with Crippen LogP contribution in [-0.2, 0) is 4.74 Å². The zero-order valence-electron chi connectivity index (χ0n) is 10.2. The lowest BCUT2D eigenvalue weighted by Crippen LogP contribution is -2.15. The smallest absolute Gasteiger partial charge is 0.120 e. The number of halogens is 1. The van der Waals surface area contributed by atoms with Gasteiger partial charge in [0.25, 0.3) is 0 Å². The van der Waals surface area contributed by atoms with Gasteiger partial charge in [-0.2, -0.15) is 0 Å². The standard InChI is InChI=1S/C14H17ClO2/c1-12(16-2)11-17-14-8-5-7-13(10-14)6-3-4-9-15/h5,7-8,10,12H,4,9,11H2,1-2H3. The number of hydrogen-bond acceptors (Lipinski definition) is 2. The van der Waals surface area contributed by atoms with E-state index in [9.17, 15) is 0 Å². The third kappa shape index (κ3) is 5.63. The number of benzene rings is 1. The first-order valence-corrected chi connectivity index (χ1v) is 6.10. The maximum absolute atomic E-state index is 5.59. The Morgan fingerprint density at radius 2 is 2.24 bits per heavy atom. The number of methoxy groups -OCH3 is 1. The van der Waals surface area contributed by atoms with Gasteiger partial charge < -0.3 is 9.47 Å². The average molecular weight is 253 g/mol. The topological polar surface area (TPSA) is 18.5 Å². The zero-order valence-corrected chi connectivity index (χ0v) is 11.0. The molecule has 0 saturated carbocycles. The molecule has 2 nitrogen and oxygen atoms in total. The van der Waals surface area contributed by atoms with Gasteiger partial charge in [-0.05, 0) is 25.1 Å². The van der Waals surface area contributed by atoms with E-state index < -0.39 is 0 Å². The molecule has 17 heavy (non-hydrogen) atoms. The van der Waals surface area contributed by atoms with Crippen LogP contribution in [0, 0.1) is 11.8 Å². The molecule has 0 aliphatic carbocycles. The lowest BCUT2D eigenvalue weighted by Gasteiger charge is -2.11. The van der Waals surface area contributed by atoms with E-state index in [0.29, 0.717) is 18.9 Å². The van der Waals surface area contributed by atoms with Gasteiger partial charge >= 0.3 is 0 Å². The summed E-state index contributed by atoms with van der Waals surface area (Å²) in [5.74, 6) is 7.41. The van der Waals surface area contributed by atoms with Gasteiger partial charge in [-0.25, -0.2) is 0 Å². The number of alkyl halides is 1. The lowest BCUT2D eigenvalue weighted by molar-refractivity contribution is 0.0716. The molecule has 0 fully saturated rings. The zero-order chi connectivity index (χ0) is 12.5. The lowest BCUT2D eigenvalue weighted by atomic mass is 10.2. The van der Waals surface area contributed by atoms with Gasteiger partial charge in [0.15, 0.2) is 0 Å². The molecule has 3 heteroatoms. The third-order valence-electron chi connectivity index (χ3n) is 2.17. The van der Waals surface area contributed by atoms with Gasteiger partial charge in [-0.15, -0.1) is 11.6 Å². The summed E-state index contributed by atoms with van der Waals surface area (Å²) in [4.78, 5) is 0. The van der Waals surface area contributed by atoms with Crippen molar-refractivity contribution in [2.45, 2.75) is 19.4 Å². The summed E-state index contributed by atoms with van der Waals surface area (Å²) in [7, 11) is 1.67. The van der Waals surface area contributed by atoms with Crippen molar-refractivity contribution < 1.29 is 9.47 Å². The molecule has 0 spiro atoms. The van der Waals surface area contributed by atoms with Crippen LogP contribution in [0.3, 0.4) is 0 Å². The van der Waals surface area contributed by atoms with Crippen molar-refractivity contribution >= 4 is 11.6 Å². The molecule has 0 radical (unpaired) electrons. The second-order valence-electron chi connectivity index (χ2n) is 3.63. The second kappa shape index (κ2) is 8.00. The SMILES string of the molecule is COC(C)COc1cccc(C#CCCCl)c1. The molecule has 0 aliphatic heterocycles. The minimum absolute atomic E-state index is 0.0842. The first-order chi connectivity index (χ1) is 8.26. The van der Waals surface area contributed by atoms with Crippen molar-refractivity contribution in [2.24, 2.45) is 0 Å². The molecule has 0 heterocycles. The van der Waals surface area contributed by atoms with Gasteiger partial charge in [0.2, 0.25) is 0 Å². The first-order valence-electron chi connectivity index (χ1n) is 5.56. The molecule has 0 saturated heterocycles. The van der Waals surface area contributed by atoms with Crippen molar-refractivity contribution in [1.29, 1.82) is 0 Å². The van der Waals surface area contributed by atoms with Crippen LogP contribution in [0.1, 0.15) is 18.9 Å². The Bertz CT molecular complexity index is 393. The Balaban J connectivity index is 2.57. The summed E-state index contributed by atoms with van der Waals surface area (Å²) in [6, 6.07) is 7.71. The van der Waals surface area contributed by atoms with E-state index in [1.165, 1.54) is 0 Å². The summed E-state index contributed by atoms with van der Waals surface area (Å²) >= 11 is 5.56. The van der Waals surface area contributed by atoms with Crippen LogP contribution in [0.4, 0.5) is 0 Å². The highest BCUT2D eigenvalue weighted by molar-refractivity contribution is 6.18. The van der Waals surface area contributed by atoms with Crippen molar-refractivity contribution in [1.82, 2.24) is 0 Å². The monoisotopic (exact) mass is 252 g/mol. The quantitative estimate of drug-likeness (QED) is 0.592. The molecule has 1 atom stereocenters. The third-order valence-corrected chi connectivity index (χ3v) is 2.36. The highest BCUT2D eigenvalue weighted by Gasteiger charge is 2.00. The fraction of sp³-hybridized carbons (Fsp3) is 0.429.